The monoisotopic (exact) mass is 368 g/mol. The Morgan fingerprint density at radius 1 is 0.963 bits per heavy atom. The summed E-state index contributed by atoms with van der Waals surface area (Å²) >= 11 is 0. The molecule has 0 saturated heterocycles. The van der Waals surface area contributed by atoms with E-state index in [4.69, 9.17) is 0 Å². The minimum atomic E-state index is -0.525. The van der Waals surface area contributed by atoms with E-state index in [0.29, 0.717) is 37.6 Å². The molecule has 0 fully saturated rings. The van der Waals surface area contributed by atoms with Crippen molar-refractivity contribution in [3.8, 4) is 0 Å². The number of guanidine groups is 1. The zero-order valence-corrected chi connectivity index (χ0v) is 15.7. The number of nitrogens with zero attached hydrogens (tertiary/aromatic N) is 1. The zero-order valence-electron chi connectivity index (χ0n) is 15.7. The highest BCUT2D eigenvalue weighted by atomic mass is 16.3. The van der Waals surface area contributed by atoms with Crippen LogP contribution in [0, 0.1) is 0 Å². The van der Waals surface area contributed by atoms with Gasteiger partial charge in [-0.05, 0) is 31.0 Å². The van der Waals surface area contributed by atoms with E-state index in [9.17, 15) is 9.90 Å². The molecule has 0 spiro atoms. The Morgan fingerprint density at radius 2 is 1.59 bits per heavy atom. The molecule has 2 aromatic carbocycles. The average Bonchev–Trinajstić information content (AvgIpc) is 2.72. The molecular weight excluding hydrogens is 340 g/mol. The molecule has 1 amide bonds. The zero-order chi connectivity index (χ0) is 19.3. The maximum atomic E-state index is 12.0. The van der Waals surface area contributed by atoms with Gasteiger partial charge in [-0.15, -0.1) is 0 Å². The van der Waals surface area contributed by atoms with Crippen LogP contribution in [-0.2, 0) is 0 Å². The summed E-state index contributed by atoms with van der Waals surface area (Å²) in [6.07, 6.45) is 0.0219. The quantitative estimate of drug-likeness (QED) is 0.310. The van der Waals surface area contributed by atoms with E-state index in [1.807, 2.05) is 55.5 Å². The van der Waals surface area contributed by atoms with Crippen LogP contribution in [-0.4, -0.2) is 43.2 Å². The summed E-state index contributed by atoms with van der Waals surface area (Å²) in [6.45, 7) is 4.29. The largest absolute Gasteiger partial charge is 0.388 e. The Labute approximate surface area is 160 Å². The second-order valence-corrected chi connectivity index (χ2v) is 6.02. The number of hydrogen-bond donors (Lipinski definition) is 4. The highest BCUT2D eigenvalue weighted by molar-refractivity contribution is 5.94. The van der Waals surface area contributed by atoms with Gasteiger partial charge in [0.1, 0.15) is 0 Å². The summed E-state index contributed by atoms with van der Waals surface area (Å²) < 4.78 is 0. The van der Waals surface area contributed by atoms with Crippen molar-refractivity contribution in [2.75, 3.05) is 26.2 Å². The number of nitrogens with one attached hydrogen (secondary N) is 3. The van der Waals surface area contributed by atoms with Crippen LogP contribution in [0.2, 0.25) is 0 Å². The van der Waals surface area contributed by atoms with Crippen LogP contribution in [0.4, 0.5) is 0 Å². The summed E-state index contributed by atoms with van der Waals surface area (Å²) in [5.74, 6) is 0.581. The molecule has 0 bridgehead atoms. The van der Waals surface area contributed by atoms with Crippen molar-refractivity contribution in [2.24, 2.45) is 4.99 Å². The molecule has 2 aromatic rings. The van der Waals surface area contributed by atoms with Gasteiger partial charge in [0.25, 0.3) is 5.91 Å². The number of carbonyl (C=O) groups is 1. The lowest BCUT2D eigenvalue weighted by Crippen LogP contribution is -2.41. The van der Waals surface area contributed by atoms with Crippen molar-refractivity contribution in [2.45, 2.75) is 19.4 Å². The van der Waals surface area contributed by atoms with Gasteiger partial charge in [-0.1, -0.05) is 48.5 Å². The molecule has 1 unspecified atom stereocenters. The number of aliphatic imine (C=N–C) groups is 1. The van der Waals surface area contributed by atoms with Crippen molar-refractivity contribution in [1.29, 1.82) is 0 Å². The van der Waals surface area contributed by atoms with Gasteiger partial charge in [0.2, 0.25) is 0 Å². The van der Waals surface area contributed by atoms with Crippen LogP contribution in [0.15, 0.2) is 65.7 Å². The van der Waals surface area contributed by atoms with Crippen LogP contribution < -0.4 is 16.0 Å². The Bertz CT molecular complexity index is 705. The number of rotatable bonds is 9. The van der Waals surface area contributed by atoms with Crippen molar-refractivity contribution in [1.82, 2.24) is 16.0 Å². The number of aliphatic hydroxyl groups excluding tert-OH is 1. The predicted octanol–water partition coefficient (Wildman–Crippen LogP) is 2.10. The molecule has 2 rings (SSSR count). The smallest absolute Gasteiger partial charge is 0.251 e. The second-order valence-electron chi connectivity index (χ2n) is 6.02. The van der Waals surface area contributed by atoms with Gasteiger partial charge in [-0.25, -0.2) is 0 Å². The molecule has 0 aliphatic heterocycles. The summed E-state index contributed by atoms with van der Waals surface area (Å²) in [5.41, 5.74) is 1.54. The first-order valence-electron chi connectivity index (χ1n) is 9.29. The molecule has 6 nitrogen and oxygen atoms in total. The number of benzene rings is 2. The van der Waals surface area contributed by atoms with Crippen LogP contribution in [0.3, 0.4) is 0 Å². The third kappa shape index (κ3) is 7.50. The summed E-state index contributed by atoms with van der Waals surface area (Å²) in [4.78, 5) is 16.5. The lowest BCUT2D eigenvalue weighted by atomic mass is 10.1. The predicted molar refractivity (Wildman–Crippen MR) is 109 cm³/mol. The van der Waals surface area contributed by atoms with Gasteiger partial charge in [-0.2, -0.15) is 0 Å². The van der Waals surface area contributed by atoms with Gasteiger partial charge < -0.3 is 21.1 Å². The molecule has 0 saturated carbocycles. The molecule has 0 aliphatic rings. The van der Waals surface area contributed by atoms with Crippen molar-refractivity contribution in [3.63, 3.8) is 0 Å². The molecule has 4 N–H and O–H groups in total. The molecule has 27 heavy (non-hydrogen) atoms. The molecule has 1 atom stereocenters. The van der Waals surface area contributed by atoms with E-state index < -0.39 is 6.10 Å². The first kappa shape index (κ1) is 20.5. The van der Waals surface area contributed by atoms with Gasteiger partial charge in [0.15, 0.2) is 5.96 Å². The van der Waals surface area contributed by atoms with Crippen molar-refractivity contribution >= 4 is 11.9 Å². The normalized spacial score (nSPS) is 12.3. The van der Waals surface area contributed by atoms with E-state index in [-0.39, 0.29) is 5.91 Å². The Balaban J connectivity index is 1.72. The number of amides is 1. The number of carbonyl (C=O) groups excluding carboxylic acids is 1. The SMILES string of the molecule is CCNC(=NCCC(O)c1ccccc1)NCCNC(=O)c1ccccc1. The first-order chi connectivity index (χ1) is 13.2. The number of aliphatic hydroxyl groups is 1. The highest BCUT2D eigenvalue weighted by Gasteiger charge is 2.07. The molecule has 6 heteroatoms. The van der Waals surface area contributed by atoms with Crippen LogP contribution in [0.1, 0.15) is 35.4 Å². The van der Waals surface area contributed by atoms with E-state index in [2.05, 4.69) is 20.9 Å². The Morgan fingerprint density at radius 3 is 2.26 bits per heavy atom. The maximum Gasteiger partial charge on any atom is 0.251 e. The standard InChI is InChI=1S/C21H28N4O2/c1-2-22-21(24-14-13-19(26)17-9-5-3-6-10-17)25-16-15-23-20(27)18-11-7-4-8-12-18/h3-12,19,26H,2,13-16H2,1H3,(H,23,27)(H2,22,24,25). The van der Waals surface area contributed by atoms with Crippen LogP contribution in [0.25, 0.3) is 0 Å². The second kappa shape index (κ2) is 11.7. The topological polar surface area (TPSA) is 85.8 Å². The van der Waals surface area contributed by atoms with E-state index >= 15 is 0 Å². The fourth-order valence-electron chi connectivity index (χ4n) is 2.53. The Kier molecular flexibility index (Phi) is 8.86. The van der Waals surface area contributed by atoms with Crippen LogP contribution in [0.5, 0.6) is 0 Å². The molecular formula is C21H28N4O2. The average molecular weight is 368 g/mol. The summed E-state index contributed by atoms with van der Waals surface area (Å²) in [7, 11) is 0. The van der Waals surface area contributed by atoms with Crippen molar-refractivity contribution in [3.05, 3.63) is 71.8 Å². The molecule has 0 heterocycles. The molecule has 144 valence electrons. The van der Waals surface area contributed by atoms with E-state index in [1.54, 1.807) is 12.1 Å². The third-order valence-electron chi connectivity index (χ3n) is 3.94. The fraction of sp³-hybridized carbons (Fsp3) is 0.333. The maximum absolute atomic E-state index is 12.0. The minimum Gasteiger partial charge on any atom is -0.388 e. The molecule has 0 aromatic heterocycles. The van der Waals surface area contributed by atoms with Gasteiger partial charge in [0.05, 0.1) is 6.10 Å². The minimum absolute atomic E-state index is 0.0923. The van der Waals surface area contributed by atoms with Crippen LogP contribution >= 0.6 is 0 Å². The Hall–Kier alpha value is -2.86. The first-order valence-corrected chi connectivity index (χ1v) is 9.29. The van der Waals surface area contributed by atoms with E-state index in [1.165, 1.54) is 0 Å². The molecule has 0 aliphatic carbocycles. The molecule has 0 radical (unpaired) electrons. The summed E-state index contributed by atoms with van der Waals surface area (Å²) in [6, 6.07) is 18.7. The lowest BCUT2D eigenvalue weighted by molar-refractivity contribution is 0.0954. The van der Waals surface area contributed by atoms with Gasteiger partial charge in [0, 0.05) is 31.7 Å². The van der Waals surface area contributed by atoms with Crippen molar-refractivity contribution < 1.29 is 9.90 Å². The summed E-state index contributed by atoms with van der Waals surface area (Å²) in [5, 5.41) is 19.4. The van der Waals surface area contributed by atoms with Gasteiger partial charge in [-0.3, -0.25) is 9.79 Å². The lowest BCUT2D eigenvalue weighted by Gasteiger charge is -2.13. The van der Waals surface area contributed by atoms with Gasteiger partial charge >= 0.3 is 0 Å². The highest BCUT2D eigenvalue weighted by Crippen LogP contribution is 2.15. The number of hydrogen-bond acceptors (Lipinski definition) is 3. The van der Waals surface area contributed by atoms with E-state index in [0.717, 1.165) is 12.1 Å². The fourth-order valence-corrected chi connectivity index (χ4v) is 2.53. The third-order valence-corrected chi connectivity index (χ3v) is 3.94.